The molecule has 1 N–H and O–H groups in total. The molecule has 1 heterocycles. The summed E-state index contributed by atoms with van der Waals surface area (Å²) in [7, 11) is 0. The van der Waals surface area contributed by atoms with Gasteiger partial charge in [0.05, 0.1) is 19.3 Å². The Morgan fingerprint density at radius 1 is 1.08 bits per heavy atom. The Labute approximate surface area is 144 Å². The van der Waals surface area contributed by atoms with E-state index < -0.39 is 6.10 Å². The fourth-order valence-electron chi connectivity index (χ4n) is 3.60. The van der Waals surface area contributed by atoms with Crippen LogP contribution in [0, 0.1) is 0 Å². The molecule has 1 saturated heterocycles. The van der Waals surface area contributed by atoms with Gasteiger partial charge in [-0.1, -0.05) is 36.4 Å². The summed E-state index contributed by atoms with van der Waals surface area (Å²) in [5.41, 5.74) is 0. The third-order valence-corrected chi connectivity index (χ3v) is 5.21. The van der Waals surface area contributed by atoms with Crippen molar-refractivity contribution >= 4 is 10.8 Å². The highest BCUT2D eigenvalue weighted by Crippen LogP contribution is 2.25. The van der Waals surface area contributed by atoms with Crippen molar-refractivity contribution in [2.24, 2.45) is 0 Å². The minimum absolute atomic E-state index is 0.321. The zero-order valence-corrected chi connectivity index (χ0v) is 14.6. The van der Waals surface area contributed by atoms with Crippen molar-refractivity contribution in [1.29, 1.82) is 0 Å². The molecular formula is C20H28NO3+. The fourth-order valence-corrected chi connectivity index (χ4v) is 3.60. The Hall–Kier alpha value is -1.62. The van der Waals surface area contributed by atoms with Crippen molar-refractivity contribution in [1.82, 2.24) is 0 Å². The van der Waals surface area contributed by atoms with E-state index in [4.69, 9.17) is 9.47 Å². The van der Waals surface area contributed by atoms with Crippen molar-refractivity contribution in [2.75, 3.05) is 39.5 Å². The van der Waals surface area contributed by atoms with Crippen molar-refractivity contribution in [2.45, 2.75) is 26.0 Å². The first-order valence-electron chi connectivity index (χ1n) is 8.83. The molecule has 130 valence electrons. The molecule has 0 spiro atoms. The van der Waals surface area contributed by atoms with Crippen LogP contribution in [0.2, 0.25) is 0 Å². The minimum atomic E-state index is -0.482. The molecule has 1 aliphatic rings. The summed E-state index contributed by atoms with van der Waals surface area (Å²) in [5.74, 6) is 0.838. The maximum atomic E-state index is 10.6. The average Bonchev–Trinajstić information content (AvgIpc) is 2.60. The van der Waals surface area contributed by atoms with E-state index in [1.54, 1.807) is 0 Å². The van der Waals surface area contributed by atoms with Gasteiger partial charge in [-0.2, -0.15) is 0 Å². The molecule has 1 atom stereocenters. The first-order chi connectivity index (χ1) is 11.6. The van der Waals surface area contributed by atoms with Gasteiger partial charge in [0.25, 0.3) is 0 Å². The third-order valence-electron chi connectivity index (χ3n) is 5.21. The SMILES string of the molecule is CC(C)[N+]1(C[C@H](O)COc2cccc3ccccc23)CCOCC1. The van der Waals surface area contributed by atoms with E-state index in [0.29, 0.717) is 19.2 Å². The van der Waals surface area contributed by atoms with Crippen LogP contribution in [-0.4, -0.2) is 61.2 Å². The number of fused-ring (bicyclic) bond motifs is 1. The van der Waals surface area contributed by atoms with Gasteiger partial charge < -0.3 is 19.1 Å². The molecule has 24 heavy (non-hydrogen) atoms. The predicted octanol–water partition coefficient (Wildman–Crippen LogP) is 2.83. The zero-order valence-electron chi connectivity index (χ0n) is 14.6. The second-order valence-electron chi connectivity index (χ2n) is 7.00. The minimum Gasteiger partial charge on any atom is -0.490 e. The second kappa shape index (κ2) is 7.51. The quantitative estimate of drug-likeness (QED) is 0.828. The van der Waals surface area contributed by atoms with Crippen LogP contribution in [0.15, 0.2) is 42.5 Å². The number of quaternary nitrogens is 1. The summed E-state index contributed by atoms with van der Waals surface area (Å²) in [5, 5.41) is 12.8. The lowest BCUT2D eigenvalue weighted by atomic mass is 10.1. The molecular weight excluding hydrogens is 302 g/mol. The van der Waals surface area contributed by atoms with Crippen LogP contribution in [0.3, 0.4) is 0 Å². The summed E-state index contributed by atoms with van der Waals surface area (Å²) in [6, 6.07) is 14.7. The number of aliphatic hydroxyl groups excluding tert-OH is 1. The summed E-state index contributed by atoms with van der Waals surface area (Å²) >= 11 is 0. The largest absolute Gasteiger partial charge is 0.490 e. The molecule has 0 unspecified atom stereocenters. The first kappa shape index (κ1) is 17.2. The van der Waals surface area contributed by atoms with Gasteiger partial charge in [0, 0.05) is 5.39 Å². The van der Waals surface area contributed by atoms with Gasteiger partial charge >= 0.3 is 0 Å². The van der Waals surface area contributed by atoms with E-state index in [9.17, 15) is 5.11 Å². The molecule has 0 radical (unpaired) electrons. The number of morpholine rings is 1. The molecule has 4 nitrogen and oxygen atoms in total. The van der Waals surface area contributed by atoms with Gasteiger partial charge in [0.2, 0.25) is 0 Å². The zero-order chi connectivity index (χ0) is 17.0. The molecule has 3 rings (SSSR count). The number of hydrogen-bond acceptors (Lipinski definition) is 3. The molecule has 0 amide bonds. The Morgan fingerprint density at radius 3 is 2.54 bits per heavy atom. The highest BCUT2D eigenvalue weighted by atomic mass is 16.5. The Kier molecular flexibility index (Phi) is 5.39. The van der Waals surface area contributed by atoms with Crippen LogP contribution in [-0.2, 0) is 4.74 Å². The van der Waals surface area contributed by atoms with Crippen molar-refractivity contribution in [3.63, 3.8) is 0 Å². The smallest absolute Gasteiger partial charge is 0.137 e. The number of benzene rings is 2. The number of nitrogens with zero attached hydrogens (tertiary/aromatic N) is 1. The van der Waals surface area contributed by atoms with E-state index in [1.807, 2.05) is 24.3 Å². The lowest BCUT2D eigenvalue weighted by Crippen LogP contribution is -2.62. The summed E-state index contributed by atoms with van der Waals surface area (Å²) in [4.78, 5) is 0. The van der Waals surface area contributed by atoms with E-state index >= 15 is 0 Å². The van der Waals surface area contributed by atoms with Gasteiger partial charge in [0.1, 0.15) is 38.1 Å². The van der Waals surface area contributed by atoms with E-state index in [1.165, 1.54) is 0 Å². The Bertz CT molecular complexity index is 659. The molecule has 2 aromatic rings. The van der Waals surface area contributed by atoms with Crippen LogP contribution in [0.4, 0.5) is 0 Å². The second-order valence-corrected chi connectivity index (χ2v) is 7.00. The van der Waals surface area contributed by atoms with Gasteiger partial charge in [-0.15, -0.1) is 0 Å². The van der Waals surface area contributed by atoms with Gasteiger partial charge in [0.15, 0.2) is 0 Å². The van der Waals surface area contributed by atoms with E-state index in [-0.39, 0.29) is 0 Å². The number of hydrogen-bond donors (Lipinski definition) is 1. The molecule has 1 fully saturated rings. The first-order valence-corrected chi connectivity index (χ1v) is 8.83. The third kappa shape index (κ3) is 3.72. The standard InChI is InChI=1S/C20H28NO3/c1-16(2)21(10-12-23-13-11-21)14-18(22)15-24-20-9-5-7-17-6-3-4-8-19(17)20/h3-9,16,18,22H,10-15H2,1-2H3/q+1/t18-/m0/s1. The lowest BCUT2D eigenvalue weighted by Gasteiger charge is -2.45. The monoisotopic (exact) mass is 330 g/mol. The van der Waals surface area contributed by atoms with Crippen LogP contribution in [0.1, 0.15) is 13.8 Å². The molecule has 0 aromatic heterocycles. The molecule has 2 aromatic carbocycles. The molecule has 1 aliphatic heterocycles. The van der Waals surface area contributed by atoms with Crippen LogP contribution >= 0.6 is 0 Å². The Morgan fingerprint density at radius 2 is 1.79 bits per heavy atom. The van der Waals surface area contributed by atoms with Crippen molar-refractivity contribution in [3.05, 3.63) is 42.5 Å². The molecule has 0 saturated carbocycles. The topological polar surface area (TPSA) is 38.7 Å². The van der Waals surface area contributed by atoms with E-state index in [0.717, 1.165) is 47.3 Å². The molecule has 0 bridgehead atoms. The maximum Gasteiger partial charge on any atom is 0.137 e. The number of aliphatic hydroxyl groups is 1. The van der Waals surface area contributed by atoms with Gasteiger partial charge in [-0.05, 0) is 25.3 Å². The highest BCUT2D eigenvalue weighted by molar-refractivity contribution is 5.88. The van der Waals surface area contributed by atoms with Crippen LogP contribution in [0.25, 0.3) is 10.8 Å². The van der Waals surface area contributed by atoms with Crippen molar-refractivity contribution in [3.8, 4) is 5.75 Å². The molecule has 0 aliphatic carbocycles. The lowest BCUT2D eigenvalue weighted by molar-refractivity contribution is -0.956. The normalized spacial score (nSPS) is 18.7. The molecule has 4 heteroatoms. The number of ether oxygens (including phenoxy) is 2. The number of rotatable bonds is 6. The Balaban J connectivity index is 1.65. The fraction of sp³-hybridized carbons (Fsp3) is 0.500. The summed E-state index contributed by atoms with van der Waals surface area (Å²) < 4.78 is 12.4. The average molecular weight is 330 g/mol. The predicted molar refractivity (Wildman–Crippen MR) is 96.3 cm³/mol. The van der Waals surface area contributed by atoms with Crippen LogP contribution < -0.4 is 4.74 Å². The highest BCUT2D eigenvalue weighted by Gasteiger charge is 2.35. The van der Waals surface area contributed by atoms with Gasteiger partial charge in [-0.25, -0.2) is 0 Å². The van der Waals surface area contributed by atoms with Crippen molar-refractivity contribution < 1.29 is 19.1 Å². The van der Waals surface area contributed by atoms with Gasteiger partial charge in [-0.3, -0.25) is 0 Å². The van der Waals surface area contributed by atoms with E-state index in [2.05, 4.69) is 32.0 Å². The summed E-state index contributed by atoms with van der Waals surface area (Å²) in [6.45, 7) is 8.96. The summed E-state index contributed by atoms with van der Waals surface area (Å²) in [6.07, 6.45) is -0.482. The van der Waals surface area contributed by atoms with Crippen LogP contribution in [0.5, 0.6) is 5.75 Å². The maximum absolute atomic E-state index is 10.6.